The molecular formula is C19H16ClNO3. The normalized spacial score (nSPS) is 10.6. The van der Waals surface area contributed by atoms with Crippen molar-refractivity contribution in [3.63, 3.8) is 0 Å². The van der Waals surface area contributed by atoms with Crippen LogP contribution in [0, 0.1) is 6.92 Å². The van der Waals surface area contributed by atoms with Crippen LogP contribution in [0.3, 0.4) is 0 Å². The van der Waals surface area contributed by atoms with Gasteiger partial charge in [0.2, 0.25) is 0 Å². The minimum atomic E-state index is -0.466. The Labute approximate surface area is 144 Å². The summed E-state index contributed by atoms with van der Waals surface area (Å²) < 4.78 is 6.26. The number of hydrogen-bond donors (Lipinski definition) is 1. The van der Waals surface area contributed by atoms with Crippen LogP contribution in [0.1, 0.15) is 11.3 Å². The lowest BCUT2D eigenvalue weighted by atomic mass is 10.1. The first-order valence-corrected chi connectivity index (χ1v) is 7.81. The predicted octanol–water partition coefficient (Wildman–Crippen LogP) is 4.29. The highest BCUT2D eigenvalue weighted by Gasteiger charge is 2.05. The fraction of sp³-hybridized carbons (Fsp3) is 0.105. The average molecular weight is 342 g/mol. The van der Waals surface area contributed by atoms with Gasteiger partial charge in [-0.3, -0.25) is 4.79 Å². The van der Waals surface area contributed by atoms with Gasteiger partial charge >= 0.3 is 0 Å². The lowest BCUT2D eigenvalue weighted by Gasteiger charge is -2.10. The minimum absolute atomic E-state index is 0.105. The molecule has 0 unspecified atom stereocenters. The zero-order valence-electron chi connectivity index (χ0n) is 13.1. The Kier molecular flexibility index (Phi) is 4.58. The van der Waals surface area contributed by atoms with Crippen molar-refractivity contribution >= 4 is 11.6 Å². The predicted molar refractivity (Wildman–Crippen MR) is 93.8 cm³/mol. The average Bonchev–Trinajstić information content (AvgIpc) is 2.58. The zero-order valence-corrected chi connectivity index (χ0v) is 13.8. The molecule has 24 heavy (non-hydrogen) atoms. The van der Waals surface area contributed by atoms with E-state index in [1.165, 1.54) is 6.07 Å². The second kappa shape index (κ2) is 6.81. The topological polar surface area (TPSA) is 51.5 Å². The number of nitrogens with zero attached hydrogens (tertiary/aromatic N) is 1. The van der Waals surface area contributed by atoms with Crippen molar-refractivity contribution in [1.29, 1.82) is 0 Å². The van der Waals surface area contributed by atoms with Gasteiger partial charge in [-0.05, 0) is 53.9 Å². The lowest BCUT2D eigenvalue weighted by Crippen LogP contribution is -2.21. The fourth-order valence-electron chi connectivity index (χ4n) is 2.41. The molecule has 122 valence electrons. The van der Waals surface area contributed by atoms with Crippen molar-refractivity contribution in [2.24, 2.45) is 0 Å². The number of halogens is 1. The first-order chi connectivity index (χ1) is 11.5. The Morgan fingerprint density at radius 3 is 2.21 bits per heavy atom. The standard InChI is InChI=1S/C19H16ClNO3/c1-13-10-17(21(23)19(22)11-13)12-24-18-8-4-15(5-9-18)14-2-6-16(20)7-3-14/h2-11,23H,12H2,1H3. The fourth-order valence-corrected chi connectivity index (χ4v) is 2.54. The molecule has 3 rings (SSSR count). The van der Waals surface area contributed by atoms with Gasteiger partial charge in [0, 0.05) is 11.1 Å². The van der Waals surface area contributed by atoms with Gasteiger partial charge in [-0.1, -0.05) is 35.9 Å². The molecule has 3 aromatic rings. The highest BCUT2D eigenvalue weighted by Crippen LogP contribution is 2.24. The van der Waals surface area contributed by atoms with Gasteiger partial charge in [0.25, 0.3) is 5.56 Å². The summed E-state index contributed by atoms with van der Waals surface area (Å²) in [4.78, 5) is 11.5. The molecule has 0 saturated heterocycles. The molecule has 0 aliphatic heterocycles. The van der Waals surface area contributed by atoms with Crippen molar-refractivity contribution in [3.8, 4) is 16.9 Å². The van der Waals surface area contributed by atoms with E-state index in [0.717, 1.165) is 16.7 Å². The summed E-state index contributed by atoms with van der Waals surface area (Å²) in [7, 11) is 0. The highest BCUT2D eigenvalue weighted by atomic mass is 35.5. The molecule has 0 atom stereocenters. The molecule has 4 nitrogen and oxygen atoms in total. The molecule has 0 aliphatic carbocycles. The zero-order chi connectivity index (χ0) is 17.1. The Morgan fingerprint density at radius 2 is 1.58 bits per heavy atom. The SMILES string of the molecule is Cc1cc(COc2ccc(-c3ccc(Cl)cc3)cc2)n(O)c(=O)c1. The molecule has 0 saturated carbocycles. The summed E-state index contributed by atoms with van der Waals surface area (Å²) in [6.45, 7) is 1.90. The van der Waals surface area contributed by atoms with E-state index in [1.54, 1.807) is 13.0 Å². The second-order valence-electron chi connectivity index (χ2n) is 5.49. The third-order valence-electron chi connectivity index (χ3n) is 3.64. The maximum Gasteiger partial charge on any atom is 0.283 e. The number of ether oxygens (including phenoxy) is 1. The number of aryl methyl sites for hydroxylation is 1. The molecule has 1 heterocycles. The van der Waals surface area contributed by atoms with Crippen LogP contribution in [-0.4, -0.2) is 9.94 Å². The number of benzene rings is 2. The van der Waals surface area contributed by atoms with Crippen molar-refractivity contribution in [2.45, 2.75) is 13.5 Å². The Morgan fingerprint density at radius 1 is 1.00 bits per heavy atom. The van der Waals surface area contributed by atoms with Crippen LogP contribution >= 0.6 is 11.6 Å². The summed E-state index contributed by atoms with van der Waals surface area (Å²) in [5, 5.41) is 10.4. The van der Waals surface area contributed by atoms with Crippen molar-refractivity contribution in [1.82, 2.24) is 4.73 Å². The van der Waals surface area contributed by atoms with Crippen LogP contribution in [0.15, 0.2) is 65.5 Å². The van der Waals surface area contributed by atoms with Crippen molar-refractivity contribution in [2.75, 3.05) is 0 Å². The van der Waals surface area contributed by atoms with Crippen molar-refractivity contribution in [3.05, 3.63) is 87.3 Å². The van der Waals surface area contributed by atoms with E-state index in [4.69, 9.17) is 16.3 Å². The summed E-state index contributed by atoms with van der Waals surface area (Å²) in [6, 6.07) is 18.3. The van der Waals surface area contributed by atoms with Crippen molar-refractivity contribution < 1.29 is 9.94 Å². The molecule has 0 aliphatic rings. The van der Waals surface area contributed by atoms with E-state index in [0.29, 0.717) is 21.2 Å². The number of aromatic nitrogens is 1. The maximum atomic E-state index is 11.5. The number of pyridine rings is 1. The van der Waals surface area contributed by atoms with E-state index in [9.17, 15) is 10.0 Å². The van der Waals surface area contributed by atoms with Gasteiger partial charge in [-0.2, -0.15) is 0 Å². The molecule has 2 aromatic carbocycles. The van der Waals surface area contributed by atoms with Crippen LogP contribution < -0.4 is 10.3 Å². The van der Waals surface area contributed by atoms with Gasteiger partial charge in [0.05, 0.1) is 5.69 Å². The Bertz CT molecular complexity index is 899. The summed E-state index contributed by atoms with van der Waals surface area (Å²) in [5.41, 5.74) is 2.83. The molecule has 0 spiro atoms. The third kappa shape index (κ3) is 3.60. The van der Waals surface area contributed by atoms with E-state index >= 15 is 0 Å². The molecule has 0 radical (unpaired) electrons. The number of hydrogen-bond acceptors (Lipinski definition) is 3. The Balaban J connectivity index is 1.73. The van der Waals surface area contributed by atoms with Gasteiger partial charge < -0.3 is 9.94 Å². The smallest absolute Gasteiger partial charge is 0.283 e. The van der Waals surface area contributed by atoms with Crippen LogP contribution in [0.4, 0.5) is 0 Å². The summed E-state index contributed by atoms with van der Waals surface area (Å²) in [5.74, 6) is 0.654. The molecular weight excluding hydrogens is 326 g/mol. The molecule has 0 fully saturated rings. The van der Waals surface area contributed by atoms with Gasteiger partial charge in [-0.15, -0.1) is 4.73 Å². The molecule has 1 aromatic heterocycles. The van der Waals surface area contributed by atoms with E-state index < -0.39 is 5.56 Å². The molecule has 0 amide bonds. The van der Waals surface area contributed by atoms with E-state index in [2.05, 4.69) is 0 Å². The van der Waals surface area contributed by atoms with Crippen LogP contribution in [0.2, 0.25) is 5.02 Å². The first kappa shape index (κ1) is 16.1. The second-order valence-corrected chi connectivity index (χ2v) is 5.93. The number of rotatable bonds is 4. The van der Waals surface area contributed by atoms with Gasteiger partial charge in [-0.25, -0.2) is 0 Å². The largest absolute Gasteiger partial charge is 0.487 e. The maximum absolute atomic E-state index is 11.5. The summed E-state index contributed by atoms with van der Waals surface area (Å²) >= 11 is 5.89. The molecule has 1 N–H and O–H groups in total. The molecule has 0 bridgehead atoms. The Hall–Kier alpha value is -2.72. The quantitative estimate of drug-likeness (QED) is 0.720. The highest BCUT2D eigenvalue weighted by molar-refractivity contribution is 6.30. The molecule has 5 heteroatoms. The first-order valence-electron chi connectivity index (χ1n) is 7.43. The van der Waals surface area contributed by atoms with E-state index in [1.807, 2.05) is 48.5 Å². The third-order valence-corrected chi connectivity index (χ3v) is 3.90. The van der Waals surface area contributed by atoms with Crippen LogP contribution in [-0.2, 0) is 6.61 Å². The minimum Gasteiger partial charge on any atom is -0.487 e. The van der Waals surface area contributed by atoms with E-state index in [-0.39, 0.29) is 6.61 Å². The van der Waals surface area contributed by atoms with Crippen LogP contribution in [0.25, 0.3) is 11.1 Å². The van der Waals surface area contributed by atoms with Gasteiger partial charge in [0.1, 0.15) is 12.4 Å². The van der Waals surface area contributed by atoms with Crippen LogP contribution in [0.5, 0.6) is 5.75 Å². The summed E-state index contributed by atoms with van der Waals surface area (Å²) in [6.07, 6.45) is 0. The monoisotopic (exact) mass is 341 g/mol. The van der Waals surface area contributed by atoms with Gasteiger partial charge in [0.15, 0.2) is 0 Å². The lowest BCUT2D eigenvalue weighted by molar-refractivity contribution is 0.147.